The van der Waals surface area contributed by atoms with Crippen LogP contribution in [-0.4, -0.2) is 17.0 Å². The zero-order valence-corrected chi connectivity index (χ0v) is 11.8. The Morgan fingerprint density at radius 3 is 2.76 bits per heavy atom. The molecule has 4 nitrogen and oxygen atoms in total. The van der Waals surface area contributed by atoms with Crippen LogP contribution in [0.15, 0.2) is 36.5 Å². The van der Waals surface area contributed by atoms with E-state index in [-0.39, 0.29) is 5.82 Å². The lowest BCUT2D eigenvalue weighted by Gasteiger charge is -2.10. The average Bonchev–Trinajstić information content (AvgIpc) is 2.46. The fourth-order valence-corrected chi connectivity index (χ4v) is 2.40. The van der Waals surface area contributed by atoms with Crippen LogP contribution in [0.2, 0.25) is 0 Å². The monoisotopic (exact) mass is 282 g/mol. The molecular formula is C16H15FN4. The highest BCUT2D eigenvalue weighted by atomic mass is 19.1. The summed E-state index contributed by atoms with van der Waals surface area (Å²) in [5.41, 5.74) is 7.83. The molecule has 106 valence electrons. The largest absolute Gasteiger partial charge is 0.383 e. The SMILES string of the molecule is CNc1cc2cc(-c3c(C)cccc3F)nc(N)c2cn1. The van der Waals surface area contributed by atoms with Crippen LogP contribution in [-0.2, 0) is 0 Å². The first-order valence-electron chi connectivity index (χ1n) is 6.59. The molecule has 0 aliphatic rings. The molecule has 0 saturated heterocycles. The molecule has 3 rings (SSSR count). The van der Waals surface area contributed by atoms with Crippen molar-refractivity contribution in [2.24, 2.45) is 0 Å². The number of nitrogens with two attached hydrogens (primary N) is 1. The average molecular weight is 282 g/mol. The van der Waals surface area contributed by atoms with E-state index in [4.69, 9.17) is 5.73 Å². The van der Waals surface area contributed by atoms with Crippen LogP contribution in [0.1, 0.15) is 5.56 Å². The van der Waals surface area contributed by atoms with Crippen LogP contribution < -0.4 is 11.1 Å². The Morgan fingerprint density at radius 1 is 1.24 bits per heavy atom. The van der Waals surface area contributed by atoms with Gasteiger partial charge >= 0.3 is 0 Å². The standard InChI is InChI=1S/C16H15FN4/c1-9-4-3-5-12(17)15(9)13-6-10-7-14(19-2)20-8-11(10)16(18)21-13/h3-8H,1-2H3,(H2,18,21)(H,19,20). The van der Waals surface area contributed by atoms with Crippen LogP contribution in [0.3, 0.4) is 0 Å². The van der Waals surface area contributed by atoms with Crippen molar-refractivity contribution in [3.8, 4) is 11.3 Å². The van der Waals surface area contributed by atoms with Crippen molar-refractivity contribution in [1.29, 1.82) is 0 Å². The van der Waals surface area contributed by atoms with E-state index in [9.17, 15) is 4.39 Å². The van der Waals surface area contributed by atoms with Crippen LogP contribution in [0.4, 0.5) is 16.0 Å². The Labute approximate surface area is 121 Å². The zero-order valence-electron chi connectivity index (χ0n) is 11.8. The maximum Gasteiger partial charge on any atom is 0.133 e. The van der Waals surface area contributed by atoms with Crippen molar-refractivity contribution < 1.29 is 4.39 Å². The molecule has 0 aliphatic heterocycles. The smallest absolute Gasteiger partial charge is 0.133 e. The molecule has 0 unspecified atom stereocenters. The molecule has 0 amide bonds. The van der Waals surface area contributed by atoms with Gasteiger partial charge in [-0.3, -0.25) is 0 Å². The minimum absolute atomic E-state index is 0.302. The van der Waals surface area contributed by atoms with E-state index in [2.05, 4.69) is 15.3 Å². The first-order chi connectivity index (χ1) is 10.1. The molecule has 0 spiro atoms. The first kappa shape index (κ1) is 13.3. The summed E-state index contributed by atoms with van der Waals surface area (Å²) in [6.45, 7) is 1.85. The number of hydrogen-bond acceptors (Lipinski definition) is 4. The lowest BCUT2D eigenvalue weighted by Crippen LogP contribution is -1.99. The molecular weight excluding hydrogens is 267 g/mol. The first-order valence-corrected chi connectivity index (χ1v) is 6.59. The predicted octanol–water partition coefficient (Wildman–Crippen LogP) is 3.37. The van der Waals surface area contributed by atoms with Gasteiger partial charge < -0.3 is 11.1 Å². The van der Waals surface area contributed by atoms with E-state index < -0.39 is 0 Å². The van der Waals surface area contributed by atoms with Crippen molar-refractivity contribution in [3.05, 3.63) is 47.9 Å². The van der Waals surface area contributed by atoms with Gasteiger partial charge in [0.1, 0.15) is 17.5 Å². The molecule has 2 aromatic heterocycles. The Morgan fingerprint density at radius 2 is 2.05 bits per heavy atom. The molecule has 3 N–H and O–H groups in total. The molecule has 0 radical (unpaired) electrons. The summed E-state index contributed by atoms with van der Waals surface area (Å²) in [7, 11) is 1.79. The van der Waals surface area contributed by atoms with Gasteiger partial charge in [0.2, 0.25) is 0 Å². The predicted molar refractivity (Wildman–Crippen MR) is 83.6 cm³/mol. The zero-order chi connectivity index (χ0) is 15.0. The summed E-state index contributed by atoms with van der Waals surface area (Å²) in [6, 6.07) is 8.66. The second-order valence-corrected chi connectivity index (χ2v) is 4.87. The molecule has 2 heterocycles. The van der Waals surface area contributed by atoms with Crippen molar-refractivity contribution in [3.63, 3.8) is 0 Å². The van der Waals surface area contributed by atoms with E-state index in [0.717, 1.165) is 22.2 Å². The number of anilines is 2. The van der Waals surface area contributed by atoms with Gasteiger partial charge in [0.15, 0.2) is 0 Å². The summed E-state index contributed by atoms with van der Waals surface area (Å²) in [4.78, 5) is 8.54. The normalized spacial score (nSPS) is 10.8. The second kappa shape index (κ2) is 5.01. The molecule has 3 aromatic rings. The van der Waals surface area contributed by atoms with Gasteiger partial charge in [-0.15, -0.1) is 0 Å². The van der Waals surface area contributed by atoms with E-state index in [1.165, 1.54) is 6.07 Å². The Bertz CT molecular complexity index is 810. The molecule has 1 aromatic carbocycles. The van der Waals surface area contributed by atoms with E-state index in [0.29, 0.717) is 17.1 Å². The van der Waals surface area contributed by atoms with Gasteiger partial charge in [0.25, 0.3) is 0 Å². The molecule has 21 heavy (non-hydrogen) atoms. The topological polar surface area (TPSA) is 63.8 Å². The maximum atomic E-state index is 14.1. The molecule has 0 fully saturated rings. The fraction of sp³-hybridized carbons (Fsp3) is 0.125. The minimum Gasteiger partial charge on any atom is -0.383 e. The molecule has 0 saturated carbocycles. The Balaban J connectivity index is 2.29. The highest BCUT2D eigenvalue weighted by Crippen LogP contribution is 2.30. The summed E-state index contributed by atoms with van der Waals surface area (Å²) in [6.07, 6.45) is 1.67. The summed E-state index contributed by atoms with van der Waals surface area (Å²) < 4.78 is 14.1. The van der Waals surface area contributed by atoms with Gasteiger partial charge in [-0.25, -0.2) is 14.4 Å². The lowest BCUT2D eigenvalue weighted by molar-refractivity contribution is 0.629. The maximum absolute atomic E-state index is 14.1. The van der Waals surface area contributed by atoms with Crippen LogP contribution >= 0.6 is 0 Å². The van der Waals surface area contributed by atoms with Crippen LogP contribution in [0, 0.1) is 12.7 Å². The van der Waals surface area contributed by atoms with Gasteiger partial charge in [-0.1, -0.05) is 12.1 Å². The Kier molecular flexibility index (Phi) is 3.17. The number of benzene rings is 1. The van der Waals surface area contributed by atoms with E-state index >= 15 is 0 Å². The number of nitrogens with one attached hydrogen (secondary N) is 1. The highest BCUT2D eigenvalue weighted by molar-refractivity contribution is 5.94. The third-order valence-electron chi connectivity index (χ3n) is 3.48. The molecule has 0 atom stereocenters. The number of fused-ring (bicyclic) bond motifs is 1. The quantitative estimate of drug-likeness (QED) is 0.756. The Hall–Kier alpha value is -2.69. The number of aromatic nitrogens is 2. The molecule has 0 aliphatic carbocycles. The van der Waals surface area contributed by atoms with Gasteiger partial charge in [-0.2, -0.15) is 0 Å². The minimum atomic E-state index is -0.302. The van der Waals surface area contributed by atoms with Crippen molar-refractivity contribution in [2.45, 2.75) is 6.92 Å². The van der Waals surface area contributed by atoms with E-state index in [1.54, 1.807) is 19.3 Å². The summed E-state index contributed by atoms with van der Waals surface area (Å²) >= 11 is 0. The number of nitrogen functional groups attached to an aromatic ring is 1. The number of rotatable bonds is 2. The van der Waals surface area contributed by atoms with Crippen molar-refractivity contribution in [1.82, 2.24) is 9.97 Å². The summed E-state index contributed by atoms with van der Waals surface area (Å²) in [5, 5.41) is 4.60. The fourth-order valence-electron chi connectivity index (χ4n) is 2.40. The van der Waals surface area contributed by atoms with E-state index in [1.807, 2.05) is 25.1 Å². The van der Waals surface area contributed by atoms with Crippen molar-refractivity contribution >= 4 is 22.4 Å². The second-order valence-electron chi connectivity index (χ2n) is 4.87. The van der Waals surface area contributed by atoms with Gasteiger partial charge in [0.05, 0.1) is 5.69 Å². The number of halogens is 1. The third kappa shape index (κ3) is 2.27. The number of aryl methyl sites for hydroxylation is 1. The van der Waals surface area contributed by atoms with Crippen LogP contribution in [0.25, 0.3) is 22.0 Å². The summed E-state index contributed by atoms with van der Waals surface area (Å²) in [5.74, 6) is 0.772. The lowest BCUT2D eigenvalue weighted by atomic mass is 10.0. The third-order valence-corrected chi connectivity index (χ3v) is 3.48. The van der Waals surface area contributed by atoms with Crippen molar-refractivity contribution in [2.75, 3.05) is 18.1 Å². The molecule has 5 heteroatoms. The van der Waals surface area contributed by atoms with Gasteiger partial charge in [-0.05, 0) is 36.1 Å². The highest BCUT2D eigenvalue weighted by Gasteiger charge is 2.12. The van der Waals surface area contributed by atoms with Crippen LogP contribution in [0.5, 0.6) is 0 Å². The number of pyridine rings is 2. The number of hydrogen-bond donors (Lipinski definition) is 2. The molecule has 0 bridgehead atoms. The number of nitrogens with zero attached hydrogens (tertiary/aromatic N) is 2. The van der Waals surface area contributed by atoms with Gasteiger partial charge in [0, 0.05) is 24.2 Å².